The van der Waals surface area contributed by atoms with E-state index < -0.39 is 16.7 Å². The Hall–Kier alpha value is -0.780. The van der Waals surface area contributed by atoms with Gasteiger partial charge in [0.2, 0.25) is 0 Å². The largest absolute Gasteiger partial charge is 0.462 e. The van der Waals surface area contributed by atoms with E-state index in [4.69, 9.17) is 27.9 Å². The highest BCUT2D eigenvalue weighted by Gasteiger charge is 2.29. The van der Waals surface area contributed by atoms with Crippen molar-refractivity contribution in [2.24, 2.45) is 5.92 Å². The number of nitrogens with one attached hydrogen (secondary N) is 1. The van der Waals surface area contributed by atoms with Gasteiger partial charge >= 0.3 is 5.97 Å². The average Bonchev–Trinajstić information content (AvgIpc) is 2.75. The van der Waals surface area contributed by atoms with Crippen LogP contribution in [0.5, 0.6) is 0 Å². The van der Waals surface area contributed by atoms with Crippen LogP contribution < -0.4 is 5.32 Å². The number of thiophene rings is 1. The van der Waals surface area contributed by atoms with Crippen molar-refractivity contribution < 1.29 is 14.3 Å². The Morgan fingerprint density at radius 3 is 2.81 bits per heavy atom. The van der Waals surface area contributed by atoms with Gasteiger partial charge in [0.05, 0.1) is 12.2 Å². The summed E-state index contributed by atoms with van der Waals surface area (Å²) in [7, 11) is 0. The van der Waals surface area contributed by atoms with Crippen molar-refractivity contribution in [2.75, 3.05) is 11.9 Å². The maximum atomic E-state index is 12.2. The van der Waals surface area contributed by atoms with Gasteiger partial charge in [-0.15, -0.1) is 11.3 Å². The van der Waals surface area contributed by atoms with Crippen LogP contribution in [0.3, 0.4) is 0 Å². The fourth-order valence-corrected chi connectivity index (χ4v) is 3.94. The van der Waals surface area contributed by atoms with E-state index in [1.54, 1.807) is 6.92 Å². The lowest BCUT2D eigenvalue weighted by Crippen LogP contribution is -2.20. The molecule has 0 bridgehead atoms. The summed E-state index contributed by atoms with van der Waals surface area (Å²) < 4.78 is 5.11. The van der Waals surface area contributed by atoms with E-state index in [1.807, 2.05) is 0 Å². The number of halogens is 2. The number of fused-ring (bicyclic) bond motifs is 1. The number of alkyl halides is 2. The van der Waals surface area contributed by atoms with Gasteiger partial charge in [-0.2, -0.15) is 0 Å². The van der Waals surface area contributed by atoms with Crippen LogP contribution in [0.15, 0.2) is 0 Å². The molecule has 0 unspecified atom stereocenters. The molecule has 0 saturated carbocycles. The third-order valence-electron chi connectivity index (χ3n) is 3.43. The molecule has 1 atom stereocenters. The second kappa shape index (κ2) is 6.99. The lowest BCUT2D eigenvalue weighted by atomic mass is 9.88. The minimum absolute atomic E-state index is 0.293. The summed E-state index contributed by atoms with van der Waals surface area (Å²) in [6, 6.07) is 0. The fourth-order valence-electron chi connectivity index (χ4n) is 2.42. The number of rotatable bonds is 4. The van der Waals surface area contributed by atoms with Crippen LogP contribution in [0.2, 0.25) is 0 Å². The van der Waals surface area contributed by atoms with Crippen LogP contribution in [0.25, 0.3) is 0 Å². The van der Waals surface area contributed by atoms with Gasteiger partial charge in [0.1, 0.15) is 5.00 Å². The maximum Gasteiger partial charge on any atom is 0.341 e. The molecule has 1 heterocycles. The van der Waals surface area contributed by atoms with E-state index in [9.17, 15) is 9.59 Å². The summed E-state index contributed by atoms with van der Waals surface area (Å²) >= 11 is 12.5. The predicted octanol–water partition coefficient (Wildman–Crippen LogP) is 3.79. The van der Waals surface area contributed by atoms with E-state index in [0.717, 1.165) is 29.7 Å². The molecule has 21 heavy (non-hydrogen) atoms. The monoisotopic (exact) mass is 349 g/mol. The van der Waals surface area contributed by atoms with Gasteiger partial charge in [0, 0.05) is 4.88 Å². The highest BCUT2D eigenvalue weighted by atomic mass is 35.5. The predicted molar refractivity (Wildman–Crippen MR) is 85.6 cm³/mol. The van der Waals surface area contributed by atoms with Crippen molar-refractivity contribution in [1.82, 2.24) is 0 Å². The standard InChI is InChI=1S/C14H17Cl2NO3S/c1-3-20-14(19)10-8-5-4-7(2)6-9(8)21-13(10)17-12(18)11(15)16/h7,11H,3-6H2,1-2H3,(H,17,18)/t7-/m0/s1. The molecule has 7 heteroatoms. The molecule has 0 aromatic carbocycles. The summed E-state index contributed by atoms with van der Waals surface area (Å²) in [5.41, 5.74) is 1.46. The van der Waals surface area contributed by atoms with Crippen molar-refractivity contribution in [1.29, 1.82) is 0 Å². The van der Waals surface area contributed by atoms with E-state index in [-0.39, 0.29) is 0 Å². The zero-order valence-electron chi connectivity index (χ0n) is 11.9. The first kappa shape index (κ1) is 16.6. The lowest BCUT2D eigenvalue weighted by molar-refractivity contribution is -0.114. The van der Waals surface area contributed by atoms with Crippen LogP contribution in [0, 0.1) is 5.92 Å². The van der Waals surface area contributed by atoms with Crippen LogP contribution >= 0.6 is 34.5 Å². The topological polar surface area (TPSA) is 55.4 Å². The molecule has 1 aliphatic carbocycles. The molecule has 1 aromatic rings. The van der Waals surface area contributed by atoms with Crippen LogP contribution in [-0.2, 0) is 22.4 Å². The van der Waals surface area contributed by atoms with Crippen molar-refractivity contribution >= 4 is 51.4 Å². The number of anilines is 1. The van der Waals surface area contributed by atoms with Gasteiger partial charge < -0.3 is 10.1 Å². The molecule has 0 fully saturated rings. The van der Waals surface area contributed by atoms with Crippen LogP contribution in [-0.4, -0.2) is 23.3 Å². The summed E-state index contributed by atoms with van der Waals surface area (Å²) in [5, 5.41) is 3.13. The van der Waals surface area contributed by atoms with E-state index in [1.165, 1.54) is 11.3 Å². The molecule has 0 radical (unpaired) electrons. The minimum atomic E-state index is -1.17. The number of carbonyl (C=O) groups is 2. The van der Waals surface area contributed by atoms with Crippen molar-refractivity contribution in [2.45, 2.75) is 37.9 Å². The third-order valence-corrected chi connectivity index (χ3v) is 4.99. The molecule has 116 valence electrons. The second-order valence-corrected chi connectivity index (χ2v) is 7.27. The van der Waals surface area contributed by atoms with E-state index >= 15 is 0 Å². The number of hydrogen-bond acceptors (Lipinski definition) is 4. The molecular formula is C14H17Cl2NO3S. The Labute approximate surface area is 137 Å². The summed E-state index contributed by atoms with van der Waals surface area (Å²) in [6.07, 6.45) is 2.76. The van der Waals surface area contributed by atoms with Crippen LogP contribution in [0.1, 0.15) is 41.1 Å². The van der Waals surface area contributed by atoms with Crippen LogP contribution in [0.4, 0.5) is 5.00 Å². The number of amides is 1. The molecule has 1 aliphatic rings. The molecule has 0 saturated heterocycles. The molecular weight excluding hydrogens is 333 g/mol. The molecule has 0 aliphatic heterocycles. The fraction of sp³-hybridized carbons (Fsp3) is 0.571. The smallest absolute Gasteiger partial charge is 0.341 e. The van der Waals surface area contributed by atoms with E-state index in [0.29, 0.717) is 23.1 Å². The van der Waals surface area contributed by atoms with Crippen molar-refractivity contribution in [3.05, 3.63) is 16.0 Å². The Morgan fingerprint density at radius 1 is 1.48 bits per heavy atom. The van der Waals surface area contributed by atoms with Gasteiger partial charge in [-0.25, -0.2) is 4.79 Å². The van der Waals surface area contributed by atoms with Gasteiger partial charge in [-0.05, 0) is 37.7 Å². The third kappa shape index (κ3) is 3.71. The number of esters is 1. The zero-order valence-corrected chi connectivity index (χ0v) is 14.2. The first-order valence-corrected chi connectivity index (χ1v) is 8.53. The lowest BCUT2D eigenvalue weighted by Gasteiger charge is -2.18. The highest BCUT2D eigenvalue weighted by molar-refractivity contribution is 7.17. The van der Waals surface area contributed by atoms with Gasteiger partial charge in [0.25, 0.3) is 5.91 Å². The maximum absolute atomic E-state index is 12.2. The minimum Gasteiger partial charge on any atom is -0.462 e. The molecule has 0 spiro atoms. The summed E-state index contributed by atoms with van der Waals surface area (Å²) in [5.74, 6) is -0.361. The Bertz CT molecular complexity index is 557. The highest BCUT2D eigenvalue weighted by Crippen LogP contribution is 2.40. The first-order chi connectivity index (χ1) is 9.93. The second-order valence-electron chi connectivity index (χ2n) is 5.07. The molecule has 1 N–H and O–H groups in total. The van der Waals surface area contributed by atoms with Gasteiger partial charge in [-0.1, -0.05) is 30.1 Å². The summed E-state index contributed by atoms with van der Waals surface area (Å²) in [4.78, 5) is 23.9. The molecule has 4 nitrogen and oxygen atoms in total. The summed E-state index contributed by atoms with van der Waals surface area (Å²) in [6.45, 7) is 4.23. The molecule has 1 aromatic heterocycles. The first-order valence-electron chi connectivity index (χ1n) is 6.84. The van der Waals surface area contributed by atoms with Gasteiger partial charge in [-0.3, -0.25) is 4.79 Å². The molecule has 2 rings (SSSR count). The van der Waals surface area contributed by atoms with Crippen molar-refractivity contribution in [3.63, 3.8) is 0 Å². The number of carbonyl (C=O) groups excluding carboxylic acids is 2. The zero-order chi connectivity index (χ0) is 15.6. The van der Waals surface area contributed by atoms with Crippen molar-refractivity contribution in [3.8, 4) is 0 Å². The van der Waals surface area contributed by atoms with E-state index in [2.05, 4.69) is 12.2 Å². The number of hydrogen-bond donors (Lipinski definition) is 1. The Kier molecular flexibility index (Phi) is 5.52. The van der Waals surface area contributed by atoms with Gasteiger partial charge in [0.15, 0.2) is 4.84 Å². The normalized spacial score (nSPS) is 17.5. The number of ether oxygens (including phenoxy) is 1. The Balaban J connectivity index is 2.38. The average molecular weight is 350 g/mol. The SMILES string of the molecule is CCOC(=O)c1c(NC(=O)C(Cl)Cl)sc2c1CC[C@H](C)C2. The Morgan fingerprint density at radius 2 is 2.19 bits per heavy atom. The quantitative estimate of drug-likeness (QED) is 0.664. The molecule has 1 amide bonds.